The van der Waals surface area contributed by atoms with Crippen molar-refractivity contribution < 1.29 is 46.5 Å². The number of carbonyl (C=O) groups is 3. The molecule has 0 radical (unpaired) electrons. The van der Waals surface area contributed by atoms with Crippen LogP contribution in [0.15, 0.2) is 90.3 Å². The van der Waals surface area contributed by atoms with Crippen LogP contribution in [0.1, 0.15) is 41.8 Å². The molecule has 0 bridgehead atoms. The van der Waals surface area contributed by atoms with Crippen LogP contribution in [0.3, 0.4) is 0 Å². The van der Waals surface area contributed by atoms with Crippen LogP contribution in [0.2, 0.25) is 0 Å². The van der Waals surface area contributed by atoms with E-state index in [-0.39, 0.29) is 36.2 Å². The van der Waals surface area contributed by atoms with Crippen molar-refractivity contribution in [1.82, 2.24) is 4.72 Å². The van der Waals surface area contributed by atoms with Crippen LogP contribution >= 0.6 is 0 Å². The number of esters is 3. The summed E-state index contributed by atoms with van der Waals surface area (Å²) < 4.78 is 57.6. The summed E-state index contributed by atoms with van der Waals surface area (Å²) in [4.78, 5) is 37.6. The minimum atomic E-state index is -4.70. The van der Waals surface area contributed by atoms with Crippen molar-refractivity contribution in [2.24, 2.45) is 5.92 Å². The number of nitrogens with one attached hydrogen (secondary N) is 1. The molecule has 0 saturated heterocycles. The Hall–Kier alpha value is -4.68. The van der Waals surface area contributed by atoms with E-state index in [4.69, 9.17) is 23.7 Å². The van der Waals surface area contributed by atoms with Gasteiger partial charge in [-0.2, -0.15) is 4.72 Å². The topological polar surface area (TPSA) is 144 Å². The van der Waals surface area contributed by atoms with Gasteiger partial charge in [0.05, 0.1) is 25.7 Å². The Kier molecular flexibility index (Phi) is 10.1. The maximum Gasteiger partial charge on any atom is 0.339 e. The van der Waals surface area contributed by atoms with Crippen molar-refractivity contribution >= 4 is 27.9 Å². The monoisotopic (exact) mass is 623 g/mol. The van der Waals surface area contributed by atoms with Gasteiger partial charge in [0, 0.05) is 23.3 Å². The van der Waals surface area contributed by atoms with Gasteiger partial charge in [-0.3, -0.25) is 9.59 Å². The van der Waals surface area contributed by atoms with Crippen molar-refractivity contribution in [3.63, 3.8) is 0 Å². The highest BCUT2D eigenvalue weighted by atomic mass is 32.2. The average Bonchev–Trinajstić information content (AvgIpc) is 3.42. The molecule has 232 valence electrons. The van der Waals surface area contributed by atoms with Crippen LogP contribution in [0.4, 0.5) is 0 Å². The molecule has 0 aliphatic carbocycles. The Morgan fingerprint density at radius 2 is 1.50 bits per heavy atom. The zero-order chi connectivity index (χ0) is 31.9. The number of methoxy groups -OCH3 is 1. The molecule has 3 aromatic rings. The first-order valence-electron chi connectivity index (χ1n) is 13.7. The molecule has 1 heterocycles. The van der Waals surface area contributed by atoms with Crippen molar-refractivity contribution in [2.75, 3.05) is 20.3 Å². The first kappa shape index (κ1) is 32.2. The highest BCUT2D eigenvalue weighted by Crippen LogP contribution is 2.49. The van der Waals surface area contributed by atoms with Gasteiger partial charge in [-0.15, -0.1) is 0 Å². The summed E-state index contributed by atoms with van der Waals surface area (Å²) >= 11 is 0. The van der Waals surface area contributed by atoms with Gasteiger partial charge in [0.25, 0.3) is 0 Å². The largest absolute Gasteiger partial charge is 0.465 e. The van der Waals surface area contributed by atoms with Crippen LogP contribution in [0.5, 0.6) is 11.5 Å². The molecule has 3 aromatic carbocycles. The maximum absolute atomic E-state index is 13.8. The average molecular weight is 624 g/mol. The molecule has 1 N–H and O–H groups in total. The van der Waals surface area contributed by atoms with Crippen LogP contribution in [0, 0.1) is 5.92 Å². The molecule has 12 heteroatoms. The standard InChI is InChI=1S/C32H33NO10S/c1-5-16-40-31(36)25(18-29(34)41-20-21(2)3)33-44(37,38)28-19-27-26(17-24(28)30(35)39-4)42-32(43-27,22-12-8-6-9-13-22)23-14-10-7-11-15-23/h5-15,17,19,21,25,33H,1,16,18,20H2,2-4H3/t25-/m0/s1. The number of rotatable bonds is 13. The Balaban J connectivity index is 1.76. The SMILES string of the molecule is C=CCOC(=O)[C@H](CC(=O)OCC(C)C)NS(=O)(=O)c1cc2c(cc1C(=O)OC)OC(c1ccccc1)(c1ccccc1)O2. The second kappa shape index (κ2) is 13.7. The van der Waals surface area contributed by atoms with Gasteiger partial charge in [0.15, 0.2) is 11.5 Å². The fourth-order valence-corrected chi connectivity index (χ4v) is 5.77. The maximum atomic E-state index is 13.8. The van der Waals surface area contributed by atoms with Gasteiger partial charge in [-0.05, 0) is 5.92 Å². The number of hydrogen-bond donors (Lipinski definition) is 1. The summed E-state index contributed by atoms with van der Waals surface area (Å²) in [5.74, 6) is -4.26. The van der Waals surface area contributed by atoms with Crippen LogP contribution in [0.25, 0.3) is 0 Å². The summed E-state index contributed by atoms with van der Waals surface area (Å²) in [5.41, 5.74) is 0.823. The second-order valence-electron chi connectivity index (χ2n) is 10.2. The molecule has 4 rings (SSSR count). The van der Waals surface area contributed by atoms with E-state index < -0.39 is 51.1 Å². The summed E-state index contributed by atoms with van der Waals surface area (Å²) in [6, 6.07) is 18.6. The van der Waals surface area contributed by atoms with Crippen molar-refractivity contribution in [2.45, 2.75) is 37.0 Å². The predicted octanol–water partition coefficient (Wildman–Crippen LogP) is 4.11. The minimum Gasteiger partial charge on any atom is -0.465 e. The third-order valence-corrected chi connectivity index (χ3v) is 7.94. The number of carbonyl (C=O) groups excluding carboxylic acids is 3. The van der Waals surface area contributed by atoms with E-state index in [0.717, 1.165) is 13.2 Å². The first-order valence-corrected chi connectivity index (χ1v) is 15.2. The van der Waals surface area contributed by atoms with Gasteiger partial charge < -0.3 is 23.7 Å². The number of sulfonamides is 1. The third kappa shape index (κ3) is 7.09. The summed E-state index contributed by atoms with van der Waals surface area (Å²) in [6.45, 7) is 6.96. The lowest BCUT2D eigenvalue weighted by Crippen LogP contribution is -2.44. The van der Waals surface area contributed by atoms with Crippen molar-refractivity contribution in [3.8, 4) is 11.5 Å². The molecule has 44 heavy (non-hydrogen) atoms. The minimum absolute atomic E-state index is 0.00728. The van der Waals surface area contributed by atoms with E-state index in [9.17, 15) is 22.8 Å². The Labute approximate surface area is 255 Å². The van der Waals surface area contributed by atoms with E-state index in [2.05, 4.69) is 11.3 Å². The molecule has 0 fully saturated rings. The Morgan fingerprint density at radius 3 is 2.02 bits per heavy atom. The normalized spacial score (nSPS) is 14.0. The lowest BCUT2D eigenvalue weighted by molar-refractivity contribution is -0.152. The smallest absolute Gasteiger partial charge is 0.339 e. The van der Waals surface area contributed by atoms with Crippen LogP contribution in [-0.4, -0.2) is 52.7 Å². The molecular formula is C32H33NO10S. The number of hydrogen-bond acceptors (Lipinski definition) is 10. The van der Waals surface area contributed by atoms with Crippen molar-refractivity contribution in [3.05, 3.63) is 102 Å². The highest BCUT2D eigenvalue weighted by molar-refractivity contribution is 7.89. The third-order valence-electron chi connectivity index (χ3n) is 6.43. The first-order chi connectivity index (χ1) is 21.0. The van der Waals surface area contributed by atoms with E-state index in [1.807, 2.05) is 26.0 Å². The van der Waals surface area contributed by atoms with Crippen LogP contribution < -0.4 is 14.2 Å². The molecule has 1 aliphatic heterocycles. The molecule has 0 amide bonds. The summed E-state index contributed by atoms with van der Waals surface area (Å²) in [5, 5.41) is 0. The molecule has 1 atom stereocenters. The highest BCUT2D eigenvalue weighted by Gasteiger charge is 2.47. The number of fused-ring (bicyclic) bond motifs is 1. The van der Waals surface area contributed by atoms with Gasteiger partial charge in [-0.25, -0.2) is 13.2 Å². The van der Waals surface area contributed by atoms with E-state index in [1.54, 1.807) is 48.5 Å². The lowest BCUT2D eigenvalue weighted by Gasteiger charge is -2.28. The molecule has 1 aliphatic rings. The summed E-state index contributed by atoms with van der Waals surface area (Å²) in [7, 11) is -3.61. The zero-order valence-corrected chi connectivity index (χ0v) is 25.3. The zero-order valence-electron chi connectivity index (χ0n) is 24.5. The van der Waals surface area contributed by atoms with E-state index in [0.29, 0.717) is 11.1 Å². The summed E-state index contributed by atoms with van der Waals surface area (Å²) in [6.07, 6.45) is 0.630. The fraction of sp³-hybridized carbons (Fsp3) is 0.281. The predicted molar refractivity (Wildman–Crippen MR) is 158 cm³/mol. The number of ether oxygens (including phenoxy) is 5. The van der Waals surface area contributed by atoms with Gasteiger partial charge in [0.2, 0.25) is 10.0 Å². The fourth-order valence-electron chi connectivity index (χ4n) is 4.39. The molecule has 0 aromatic heterocycles. The molecule has 0 unspecified atom stereocenters. The van der Waals surface area contributed by atoms with Crippen LogP contribution in [-0.2, 0) is 39.6 Å². The van der Waals surface area contributed by atoms with Gasteiger partial charge in [-0.1, -0.05) is 87.2 Å². The van der Waals surface area contributed by atoms with Gasteiger partial charge in [0.1, 0.15) is 17.5 Å². The second-order valence-corrected chi connectivity index (χ2v) is 11.9. The van der Waals surface area contributed by atoms with E-state index >= 15 is 0 Å². The lowest BCUT2D eigenvalue weighted by atomic mass is 9.97. The van der Waals surface area contributed by atoms with Gasteiger partial charge >= 0.3 is 23.7 Å². The molecule has 0 saturated carbocycles. The molecular weight excluding hydrogens is 590 g/mol. The quantitative estimate of drug-likeness (QED) is 0.168. The van der Waals surface area contributed by atoms with Crippen molar-refractivity contribution in [1.29, 1.82) is 0 Å². The number of benzene rings is 3. The molecule has 0 spiro atoms. The Morgan fingerprint density at radius 1 is 0.932 bits per heavy atom. The van der Waals surface area contributed by atoms with E-state index in [1.165, 1.54) is 12.1 Å². The molecule has 11 nitrogen and oxygen atoms in total. The Bertz CT molecular complexity index is 1580.